The number of H-pyrrole nitrogens is 1. The van der Waals surface area contributed by atoms with Gasteiger partial charge in [-0.3, -0.25) is 0 Å². The summed E-state index contributed by atoms with van der Waals surface area (Å²) in [7, 11) is 1.43. The lowest BCUT2D eigenvalue weighted by atomic mass is 10.3. The summed E-state index contributed by atoms with van der Waals surface area (Å²) in [6.45, 7) is 0. The largest absolute Gasteiger partial charge is 0.351 e. The fraction of sp³-hybridized carbons (Fsp3) is 0.111. The second-order valence-electron chi connectivity index (χ2n) is 3.07. The number of benzene rings is 1. The van der Waals surface area contributed by atoms with E-state index in [-0.39, 0.29) is 0 Å². The minimum atomic E-state index is -0.547. The van der Waals surface area contributed by atoms with Gasteiger partial charge in [0.2, 0.25) is 0 Å². The van der Waals surface area contributed by atoms with Crippen LogP contribution in [-0.4, -0.2) is 14.3 Å². The van der Waals surface area contributed by atoms with Gasteiger partial charge in [0.1, 0.15) is 5.82 Å². The second-order valence-corrected chi connectivity index (χ2v) is 3.07. The van der Waals surface area contributed by atoms with Crippen molar-refractivity contribution < 1.29 is 4.39 Å². The van der Waals surface area contributed by atoms with E-state index >= 15 is 0 Å². The Kier molecular flexibility index (Phi) is 2.03. The van der Waals surface area contributed by atoms with Crippen molar-refractivity contribution in [3.8, 4) is 5.69 Å². The molecule has 1 aromatic heterocycles. The summed E-state index contributed by atoms with van der Waals surface area (Å²) >= 11 is 0. The van der Waals surface area contributed by atoms with Crippen LogP contribution in [0.15, 0.2) is 33.9 Å². The highest BCUT2D eigenvalue weighted by molar-refractivity contribution is 5.30. The van der Waals surface area contributed by atoms with Crippen LogP contribution in [0.4, 0.5) is 4.39 Å². The van der Waals surface area contributed by atoms with E-state index in [9.17, 15) is 14.0 Å². The van der Waals surface area contributed by atoms with Crippen molar-refractivity contribution in [1.29, 1.82) is 0 Å². The molecule has 0 bridgehead atoms. The highest BCUT2D eigenvalue weighted by atomic mass is 19.1. The average molecular weight is 209 g/mol. The number of aromatic amines is 1. The minimum absolute atomic E-state index is 0.336. The predicted molar refractivity (Wildman–Crippen MR) is 51.6 cm³/mol. The molecule has 0 saturated carbocycles. The zero-order chi connectivity index (χ0) is 11.0. The van der Waals surface area contributed by atoms with Gasteiger partial charge in [0.25, 0.3) is 0 Å². The first-order valence-corrected chi connectivity index (χ1v) is 4.23. The molecule has 0 fully saturated rings. The van der Waals surface area contributed by atoms with Gasteiger partial charge in [0.15, 0.2) is 0 Å². The molecule has 0 spiro atoms. The van der Waals surface area contributed by atoms with Crippen LogP contribution in [0.5, 0.6) is 0 Å². The number of nitrogens with zero attached hydrogens (tertiary/aromatic N) is 2. The lowest BCUT2D eigenvalue weighted by molar-refractivity contribution is 0.627. The van der Waals surface area contributed by atoms with E-state index in [0.717, 1.165) is 9.25 Å². The molecule has 0 aliphatic heterocycles. The summed E-state index contributed by atoms with van der Waals surface area (Å²) < 4.78 is 14.6. The van der Waals surface area contributed by atoms with Gasteiger partial charge < -0.3 is 0 Å². The van der Waals surface area contributed by atoms with E-state index in [4.69, 9.17) is 0 Å². The van der Waals surface area contributed by atoms with Gasteiger partial charge in [-0.2, -0.15) is 0 Å². The van der Waals surface area contributed by atoms with Crippen molar-refractivity contribution >= 4 is 0 Å². The third-order valence-electron chi connectivity index (χ3n) is 2.03. The first kappa shape index (κ1) is 9.45. The topological polar surface area (TPSA) is 59.8 Å². The Hall–Kier alpha value is -2.11. The lowest BCUT2D eigenvalue weighted by Gasteiger charge is -1.97. The first-order chi connectivity index (χ1) is 7.09. The van der Waals surface area contributed by atoms with E-state index < -0.39 is 17.2 Å². The van der Waals surface area contributed by atoms with Gasteiger partial charge in [-0.15, -0.1) is 0 Å². The van der Waals surface area contributed by atoms with Gasteiger partial charge in [-0.1, -0.05) is 0 Å². The van der Waals surface area contributed by atoms with Crippen molar-refractivity contribution in [2.24, 2.45) is 7.05 Å². The number of hydrogen-bond donors (Lipinski definition) is 1. The highest BCUT2D eigenvalue weighted by Crippen LogP contribution is 2.03. The molecule has 0 saturated heterocycles. The number of aromatic nitrogens is 3. The van der Waals surface area contributed by atoms with Crippen LogP contribution in [0.25, 0.3) is 5.69 Å². The van der Waals surface area contributed by atoms with Gasteiger partial charge in [0.05, 0.1) is 5.69 Å². The standard InChI is InChI=1S/C9H8FN3O2/c1-12-9(15)13(8(14)11-12)7-4-2-6(10)3-5-7/h2-5H,1H3,(H,11,14). The third kappa shape index (κ3) is 1.50. The van der Waals surface area contributed by atoms with Gasteiger partial charge in [-0.25, -0.2) is 28.3 Å². The van der Waals surface area contributed by atoms with Crippen LogP contribution >= 0.6 is 0 Å². The highest BCUT2D eigenvalue weighted by Gasteiger charge is 2.07. The zero-order valence-electron chi connectivity index (χ0n) is 7.90. The summed E-state index contributed by atoms with van der Waals surface area (Å²) in [4.78, 5) is 22.8. The number of halogens is 1. The monoisotopic (exact) mass is 209 g/mol. The van der Waals surface area contributed by atoms with Crippen LogP contribution in [0, 0.1) is 5.82 Å². The fourth-order valence-corrected chi connectivity index (χ4v) is 1.30. The summed E-state index contributed by atoms with van der Waals surface area (Å²) in [5, 5.41) is 2.31. The maximum absolute atomic E-state index is 12.6. The van der Waals surface area contributed by atoms with Crippen LogP contribution in [0.3, 0.4) is 0 Å². The molecule has 0 atom stereocenters. The molecule has 6 heteroatoms. The summed E-state index contributed by atoms with van der Waals surface area (Å²) in [5.74, 6) is -0.417. The summed E-state index contributed by atoms with van der Waals surface area (Å²) in [6, 6.07) is 5.11. The Morgan fingerprint density at radius 3 is 2.27 bits per heavy atom. The molecule has 1 aromatic carbocycles. The van der Waals surface area contributed by atoms with Crippen molar-refractivity contribution in [2.75, 3.05) is 0 Å². The quantitative estimate of drug-likeness (QED) is 0.718. The predicted octanol–water partition coefficient (Wildman–Crippen LogP) is 0.00340. The van der Waals surface area contributed by atoms with Crippen LogP contribution in [0.1, 0.15) is 0 Å². The second kappa shape index (κ2) is 3.23. The first-order valence-electron chi connectivity index (χ1n) is 4.23. The number of hydrogen-bond acceptors (Lipinski definition) is 2. The number of rotatable bonds is 1. The van der Waals surface area contributed by atoms with Crippen LogP contribution < -0.4 is 11.4 Å². The normalized spacial score (nSPS) is 10.5. The molecule has 15 heavy (non-hydrogen) atoms. The maximum Gasteiger partial charge on any atom is 0.351 e. The SMILES string of the molecule is Cn1[nH]c(=O)n(-c2ccc(F)cc2)c1=O. The smallest absolute Gasteiger partial charge is 0.246 e. The van der Waals surface area contributed by atoms with E-state index in [0.29, 0.717) is 5.69 Å². The minimum Gasteiger partial charge on any atom is -0.246 e. The number of nitrogens with one attached hydrogen (secondary N) is 1. The van der Waals surface area contributed by atoms with E-state index in [1.165, 1.54) is 31.3 Å². The molecule has 0 unspecified atom stereocenters. The molecule has 0 aliphatic carbocycles. The number of aryl methyl sites for hydroxylation is 1. The molecule has 0 amide bonds. The maximum atomic E-state index is 12.6. The Morgan fingerprint density at radius 2 is 1.80 bits per heavy atom. The van der Waals surface area contributed by atoms with Gasteiger partial charge >= 0.3 is 11.4 Å². The Bertz CT molecular complexity index is 591. The third-order valence-corrected chi connectivity index (χ3v) is 2.03. The van der Waals surface area contributed by atoms with Crippen molar-refractivity contribution in [2.45, 2.75) is 0 Å². The summed E-state index contributed by atoms with van der Waals surface area (Å²) in [6.07, 6.45) is 0. The molecule has 2 aromatic rings. The van der Waals surface area contributed by atoms with Gasteiger partial charge in [0, 0.05) is 7.05 Å². The summed E-state index contributed by atoms with van der Waals surface area (Å²) in [5.41, 5.74) is -0.705. The van der Waals surface area contributed by atoms with Crippen molar-refractivity contribution in [1.82, 2.24) is 14.3 Å². The lowest BCUT2D eigenvalue weighted by Crippen LogP contribution is -2.26. The van der Waals surface area contributed by atoms with Crippen LogP contribution in [-0.2, 0) is 7.05 Å². The average Bonchev–Trinajstić information content (AvgIpc) is 2.44. The Balaban J connectivity index is 2.69. The van der Waals surface area contributed by atoms with Crippen molar-refractivity contribution in [3.05, 3.63) is 51.1 Å². The molecule has 1 N–H and O–H groups in total. The Morgan fingerprint density at radius 1 is 1.20 bits per heavy atom. The molecule has 0 radical (unpaired) electrons. The Labute approximate surface area is 83.4 Å². The fourth-order valence-electron chi connectivity index (χ4n) is 1.30. The zero-order valence-corrected chi connectivity index (χ0v) is 7.90. The van der Waals surface area contributed by atoms with E-state index in [1.807, 2.05) is 0 Å². The van der Waals surface area contributed by atoms with Gasteiger partial charge in [-0.05, 0) is 24.3 Å². The molecular weight excluding hydrogens is 201 g/mol. The van der Waals surface area contributed by atoms with E-state index in [1.54, 1.807) is 0 Å². The van der Waals surface area contributed by atoms with Crippen LogP contribution in [0.2, 0.25) is 0 Å². The molecule has 2 rings (SSSR count). The molecule has 5 nitrogen and oxygen atoms in total. The van der Waals surface area contributed by atoms with E-state index in [2.05, 4.69) is 5.10 Å². The molecular formula is C9H8FN3O2. The van der Waals surface area contributed by atoms with Crippen molar-refractivity contribution in [3.63, 3.8) is 0 Å². The molecule has 1 heterocycles. The molecule has 0 aliphatic rings. The molecule has 78 valence electrons.